The second kappa shape index (κ2) is 8.24. The van der Waals surface area contributed by atoms with Gasteiger partial charge < -0.3 is 14.2 Å². The maximum Gasteiger partial charge on any atom is 0.175 e. The Balaban J connectivity index is 1.58. The Kier molecular flexibility index (Phi) is 5.27. The van der Waals surface area contributed by atoms with Gasteiger partial charge in [-0.1, -0.05) is 12.1 Å². The SMILES string of the molecule is CS(=O)(=O)c1ccc(Cn2cnc3c(N4CCOCC4)nc(-c4cncnc4)nc32)cc1. The topological polar surface area (TPSA) is 116 Å². The molecule has 0 spiro atoms. The lowest BCUT2D eigenvalue weighted by atomic mass is 10.2. The average Bonchev–Trinajstić information content (AvgIpc) is 3.22. The molecule has 1 fully saturated rings. The summed E-state index contributed by atoms with van der Waals surface area (Å²) in [5, 5.41) is 0. The molecule has 1 aliphatic heterocycles. The van der Waals surface area contributed by atoms with Gasteiger partial charge >= 0.3 is 0 Å². The van der Waals surface area contributed by atoms with Crippen molar-refractivity contribution in [2.45, 2.75) is 11.4 Å². The number of hydrogen-bond donors (Lipinski definition) is 0. The van der Waals surface area contributed by atoms with Gasteiger partial charge in [0.05, 0.1) is 36.5 Å². The maximum absolute atomic E-state index is 11.7. The lowest BCUT2D eigenvalue weighted by Gasteiger charge is -2.28. The van der Waals surface area contributed by atoms with Crippen LogP contribution in [0, 0.1) is 0 Å². The number of imidazole rings is 1. The first-order valence-electron chi connectivity index (χ1n) is 10.1. The molecule has 1 aromatic carbocycles. The van der Waals surface area contributed by atoms with Gasteiger partial charge in [-0.2, -0.15) is 0 Å². The zero-order valence-corrected chi connectivity index (χ0v) is 18.2. The molecule has 0 aliphatic carbocycles. The highest BCUT2D eigenvalue weighted by Crippen LogP contribution is 2.27. The largest absolute Gasteiger partial charge is 0.378 e. The van der Waals surface area contributed by atoms with Crippen LogP contribution in [0.3, 0.4) is 0 Å². The molecule has 5 rings (SSSR count). The fraction of sp³-hybridized carbons (Fsp3) is 0.286. The van der Waals surface area contributed by atoms with E-state index in [1.54, 1.807) is 43.0 Å². The summed E-state index contributed by atoms with van der Waals surface area (Å²) in [5.41, 5.74) is 3.05. The second-order valence-electron chi connectivity index (χ2n) is 7.56. The van der Waals surface area contributed by atoms with Crippen LogP contribution >= 0.6 is 0 Å². The highest BCUT2D eigenvalue weighted by molar-refractivity contribution is 7.90. The van der Waals surface area contributed by atoms with Crippen molar-refractivity contribution in [3.05, 3.63) is 54.9 Å². The third-order valence-corrected chi connectivity index (χ3v) is 6.41. The summed E-state index contributed by atoms with van der Waals surface area (Å²) in [6.45, 7) is 3.18. The smallest absolute Gasteiger partial charge is 0.175 e. The van der Waals surface area contributed by atoms with Crippen molar-refractivity contribution in [2.75, 3.05) is 37.5 Å². The van der Waals surface area contributed by atoms with Crippen LogP contribution in [-0.2, 0) is 21.1 Å². The van der Waals surface area contributed by atoms with Crippen molar-refractivity contribution in [3.63, 3.8) is 0 Å². The molecule has 3 aromatic heterocycles. The first kappa shape index (κ1) is 20.5. The number of morpholine rings is 1. The molecule has 4 heterocycles. The quantitative estimate of drug-likeness (QED) is 0.446. The molecular formula is C21H21N7O3S. The fourth-order valence-corrected chi connectivity index (χ4v) is 4.25. The van der Waals surface area contributed by atoms with E-state index in [1.165, 1.54) is 12.6 Å². The van der Waals surface area contributed by atoms with E-state index < -0.39 is 9.84 Å². The fourth-order valence-electron chi connectivity index (χ4n) is 3.62. The van der Waals surface area contributed by atoms with Crippen LogP contribution in [0.15, 0.2) is 54.2 Å². The number of fused-ring (bicyclic) bond motifs is 1. The molecule has 10 nitrogen and oxygen atoms in total. The molecule has 0 radical (unpaired) electrons. The van der Waals surface area contributed by atoms with E-state index in [4.69, 9.17) is 14.7 Å². The van der Waals surface area contributed by atoms with Gasteiger partial charge in [-0.25, -0.2) is 33.3 Å². The summed E-state index contributed by atoms with van der Waals surface area (Å²) < 4.78 is 30.9. The Labute approximate surface area is 184 Å². The first-order valence-corrected chi connectivity index (χ1v) is 12.0. The van der Waals surface area contributed by atoms with Crippen molar-refractivity contribution in [1.29, 1.82) is 0 Å². The summed E-state index contributed by atoms with van der Waals surface area (Å²) in [7, 11) is -3.24. The molecule has 0 amide bonds. The Bertz CT molecular complexity index is 1350. The number of anilines is 1. The van der Waals surface area contributed by atoms with Gasteiger partial charge in [0.1, 0.15) is 6.33 Å². The molecule has 0 unspecified atom stereocenters. The number of aromatic nitrogens is 6. The van der Waals surface area contributed by atoms with Crippen LogP contribution in [-0.4, -0.2) is 70.5 Å². The summed E-state index contributed by atoms with van der Waals surface area (Å²) >= 11 is 0. The molecule has 164 valence electrons. The Morgan fingerprint density at radius 2 is 1.75 bits per heavy atom. The van der Waals surface area contributed by atoms with Gasteiger partial charge in [-0.15, -0.1) is 0 Å². The molecule has 1 saturated heterocycles. The first-order chi connectivity index (χ1) is 15.5. The van der Waals surface area contributed by atoms with Crippen molar-refractivity contribution in [2.24, 2.45) is 0 Å². The van der Waals surface area contributed by atoms with Gasteiger partial charge in [-0.05, 0) is 17.7 Å². The van der Waals surface area contributed by atoms with Crippen LogP contribution in [0.5, 0.6) is 0 Å². The van der Waals surface area contributed by atoms with E-state index >= 15 is 0 Å². The van der Waals surface area contributed by atoms with Gasteiger partial charge in [-0.3, -0.25) is 0 Å². The van der Waals surface area contributed by atoms with E-state index in [0.717, 1.165) is 24.5 Å². The molecular weight excluding hydrogens is 430 g/mol. The van der Waals surface area contributed by atoms with Gasteiger partial charge in [0.2, 0.25) is 0 Å². The number of ether oxygens (including phenoxy) is 1. The predicted octanol–water partition coefficient (Wildman–Crippen LogP) is 1.57. The Hall–Kier alpha value is -3.44. The normalized spacial score (nSPS) is 14.7. The summed E-state index contributed by atoms with van der Waals surface area (Å²) in [4.78, 5) is 24.8. The van der Waals surface area contributed by atoms with Crippen molar-refractivity contribution in [1.82, 2.24) is 29.5 Å². The van der Waals surface area contributed by atoms with Crippen LogP contribution < -0.4 is 4.90 Å². The van der Waals surface area contributed by atoms with E-state index in [0.29, 0.717) is 47.2 Å². The molecule has 1 aliphatic rings. The van der Waals surface area contributed by atoms with Crippen LogP contribution in [0.1, 0.15) is 5.56 Å². The van der Waals surface area contributed by atoms with Crippen molar-refractivity contribution >= 4 is 26.8 Å². The van der Waals surface area contributed by atoms with E-state index in [-0.39, 0.29) is 0 Å². The number of hydrogen-bond acceptors (Lipinski definition) is 9. The number of nitrogens with zero attached hydrogens (tertiary/aromatic N) is 7. The zero-order valence-electron chi connectivity index (χ0n) is 17.4. The van der Waals surface area contributed by atoms with Gasteiger partial charge in [0.25, 0.3) is 0 Å². The summed E-state index contributed by atoms with van der Waals surface area (Å²) in [6.07, 6.45) is 7.77. The molecule has 11 heteroatoms. The highest BCUT2D eigenvalue weighted by atomic mass is 32.2. The lowest BCUT2D eigenvalue weighted by Crippen LogP contribution is -2.37. The van der Waals surface area contributed by atoms with Gasteiger partial charge in [0, 0.05) is 31.7 Å². The molecule has 32 heavy (non-hydrogen) atoms. The minimum absolute atomic E-state index is 0.292. The summed E-state index contributed by atoms with van der Waals surface area (Å²) in [6, 6.07) is 6.84. The number of benzene rings is 1. The standard InChI is InChI=1S/C21H21N7O3S/c1-32(29,30)17-4-2-15(3-5-17)12-28-14-24-18-20(27-6-8-31-9-7-27)25-19(26-21(18)28)16-10-22-13-23-11-16/h2-5,10-11,13-14H,6-9,12H2,1H3. The highest BCUT2D eigenvalue weighted by Gasteiger charge is 2.21. The number of sulfone groups is 1. The maximum atomic E-state index is 11.7. The molecule has 4 aromatic rings. The minimum Gasteiger partial charge on any atom is -0.378 e. The van der Waals surface area contributed by atoms with E-state index in [1.807, 2.05) is 4.57 Å². The molecule has 0 atom stereocenters. The third-order valence-electron chi connectivity index (χ3n) is 5.28. The Morgan fingerprint density at radius 3 is 2.44 bits per heavy atom. The third kappa shape index (κ3) is 4.04. The van der Waals surface area contributed by atoms with Crippen molar-refractivity contribution in [3.8, 4) is 11.4 Å². The minimum atomic E-state index is -3.24. The molecule has 0 bridgehead atoms. The van der Waals surface area contributed by atoms with E-state index in [9.17, 15) is 8.42 Å². The second-order valence-corrected chi connectivity index (χ2v) is 9.57. The van der Waals surface area contributed by atoms with Crippen molar-refractivity contribution < 1.29 is 13.2 Å². The zero-order chi connectivity index (χ0) is 22.1. The van der Waals surface area contributed by atoms with E-state index in [2.05, 4.69) is 19.9 Å². The van der Waals surface area contributed by atoms with Crippen LogP contribution in [0.2, 0.25) is 0 Å². The monoisotopic (exact) mass is 451 g/mol. The lowest BCUT2D eigenvalue weighted by molar-refractivity contribution is 0.122. The summed E-state index contributed by atoms with van der Waals surface area (Å²) in [5.74, 6) is 1.28. The average molecular weight is 452 g/mol. The number of rotatable bonds is 5. The van der Waals surface area contributed by atoms with Gasteiger partial charge in [0.15, 0.2) is 32.6 Å². The Morgan fingerprint density at radius 1 is 1.03 bits per heavy atom. The molecule has 0 saturated carbocycles. The van der Waals surface area contributed by atoms with Crippen LogP contribution in [0.25, 0.3) is 22.6 Å². The molecule has 0 N–H and O–H groups in total. The van der Waals surface area contributed by atoms with Crippen LogP contribution in [0.4, 0.5) is 5.82 Å². The predicted molar refractivity (Wildman–Crippen MR) is 118 cm³/mol.